The number of rotatable bonds is 9. The number of nitrogens with zero attached hydrogens (tertiary/aromatic N) is 1. The minimum Gasteiger partial charge on any atom is -0.398 e. The van der Waals surface area contributed by atoms with Gasteiger partial charge in [-0.05, 0) is 97.7 Å². The number of carbonyl (C=O) groups is 3. The fraction of sp³-hybridized carbons (Fsp3) is 0.312. The molecule has 1 aromatic heterocycles. The number of H-pyrrole nitrogens is 1. The lowest BCUT2D eigenvalue weighted by Crippen LogP contribution is -2.48. The SMILES string of the molecule is Cc1cc2[nH]cnc2cc1-c1ccc(C[C@H](NC(=O)C2CCC(CN)CC2)C(=O)Nc2ccc(C(N)=O)c(N)c2)cc1. The molecule has 4 aromatic rings. The quantitative estimate of drug-likeness (QED) is 0.168. The first-order valence-corrected chi connectivity index (χ1v) is 14.3. The van der Waals surface area contributed by atoms with Gasteiger partial charge in [0.25, 0.3) is 5.91 Å². The van der Waals surface area contributed by atoms with Crippen LogP contribution in [0.1, 0.15) is 47.2 Å². The number of amides is 3. The van der Waals surface area contributed by atoms with Crippen LogP contribution in [0.25, 0.3) is 22.2 Å². The van der Waals surface area contributed by atoms with Crippen molar-refractivity contribution in [2.24, 2.45) is 23.3 Å². The maximum absolute atomic E-state index is 13.5. The molecule has 1 atom stereocenters. The van der Waals surface area contributed by atoms with E-state index < -0.39 is 11.9 Å². The van der Waals surface area contributed by atoms with Crippen molar-refractivity contribution >= 4 is 40.1 Å². The predicted molar refractivity (Wildman–Crippen MR) is 164 cm³/mol. The number of nitrogens with one attached hydrogen (secondary N) is 3. The minimum atomic E-state index is -0.824. The fourth-order valence-corrected chi connectivity index (χ4v) is 5.71. The van der Waals surface area contributed by atoms with Gasteiger partial charge in [0, 0.05) is 23.7 Å². The number of nitrogens with two attached hydrogens (primary N) is 3. The Hall–Kier alpha value is -4.70. The lowest BCUT2D eigenvalue weighted by Gasteiger charge is -2.28. The molecule has 10 nitrogen and oxygen atoms in total. The molecule has 3 aromatic carbocycles. The van der Waals surface area contributed by atoms with E-state index in [1.165, 1.54) is 12.1 Å². The van der Waals surface area contributed by atoms with Crippen LogP contribution in [0.5, 0.6) is 0 Å². The number of benzene rings is 3. The van der Waals surface area contributed by atoms with Crippen LogP contribution < -0.4 is 27.8 Å². The molecule has 0 spiro atoms. The number of hydrogen-bond donors (Lipinski definition) is 6. The number of primary amides is 1. The third-order valence-corrected chi connectivity index (χ3v) is 8.24. The Balaban J connectivity index is 1.34. The number of aromatic nitrogens is 2. The molecule has 5 rings (SSSR count). The average Bonchev–Trinajstić information content (AvgIpc) is 3.44. The zero-order chi connectivity index (χ0) is 29.8. The topological polar surface area (TPSA) is 182 Å². The molecule has 10 heteroatoms. The molecule has 42 heavy (non-hydrogen) atoms. The Morgan fingerprint density at radius 3 is 2.43 bits per heavy atom. The molecular formula is C32H37N7O3. The zero-order valence-electron chi connectivity index (χ0n) is 23.7. The van der Waals surface area contributed by atoms with Crippen LogP contribution in [0.4, 0.5) is 11.4 Å². The summed E-state index contributed by atoms with van der Waals surface area (Å²) < 4.78 is 0. The molecule has 1 fully saturated rings. The van der Waals surface area contributed by atoms with Crippen LogP contribution in [-0.2, 0) is 16.0 Å². The van der Waals surface area contributed by atoms with E-state index in [1.807, 2.05) is 24.3 Å². The van der Waals surface area contributed by atoms with Crippen LogP contribution in [0, 0.1) is 18.8 Å². The smallest absolute Gasteiger partial charge is 0.250 e. The summed E-state index contributed by atoms with van der Waals surface area (Å²) in [6, 6.07) is 15.8. The highest BCUT2D eigenvalue weighted by atomic mass is 16.2. The van der Waals surface area contributed by atoms with Gasteiger partial charge in [0.15, 0.2) is 0 Å². The summed E-state index contributed by atoms with van der Waals surface area (Å²) in [5.41, 5.74) is 23.9. The lowest BCUT2D eigenvalue weighted by molar-refractivity contribution is -0.130. The number of anilines is 2. The number of fused-ring (bicyclic) bond motifs is 1. The van der Waals surface area contributed by atoms with Crippen LogP contribution in [0.15, 0.2) is 60.9 Å². The van der Waals surface area contributed by atoms with Crippen LogP contribution in [-0.4, -0.2) is 40.3 Å². The molecular weight excluding hydrogens is 530 g/mol. The first-order chi connectivity index (χ1) is 20.2. The van der Waals surface area contributed by atoms with E-state index >= 15 is 0 Å². The first-order valence-electron chi connectivity index (χ1n) is 14.3. The van der Waals surface area contributed by atoms with Crippen LogP contribution >= 0.6 is 0 Å². The van der Waals surface area contributed by atoms with E-state index in [4.69, 9.17) is 17.2 Å². The van der Waals surface area contributed by atoms with Gasteiger partial charge >= 0.3 is 0 Å². The summed E-state index contributed by atoms with van der Waals surface area (Å²) in [6.07, 6.45) is 5.29. The summed E-state index contributed by atoms with van der Waals surface area (Å²) in [5.74, 6) is -0.876. The first kappa shape index (κ1) is 28.8. The van der Waals surface area contributed by atoms with Gasteiger partial charge < -0.3 is 32.8 Å². The van der Waals surface area contributed by atoms with Crippen LogP contribution in [0.2, 0.25) is 0 Å². The Bertz CT molecular complexity index is 1600. The molecule has 0 aliphatic heterocycles. The summed E-state index contributed by atoms with van der Waals surface area (Å²) in [4.78, 5) is 45.9. The number of aryl methyl sites for hydroxylation is 1. The Labute approximate surface area is 244 Å². The molecule has 0 saturated heterocycles. The Morgan fingerprint density at radius 1 is 1.02 bits per heavy atom. The molecule has 3 amide bonds. The number of aromatic amines is 1. The monoisotopic (exact) mass is 567 g/mol. The second-order valence-corrected chi connectivity index (χ2v) is 11.2. The van der Waals surface area contributed by atoms with Gasteiger partial charge in [0.1, 0.15) is 6.04 Å². The van der Waals surface area contributed by atoms with Gasteiger partial charge in [-0.1, -0.05) is 24.3 Å². The summed E-state index contributed by atoms with van der Waals surface area (Å²) in [7, 11) is 0. The van der Waals surface area contributed by atoms with E-state index in [2.05, 4.69) is 39.7 Å². The van der Waals surface area contributed by atoms with E-state index in [0.717, 1.165) is 59.0 Å². The summed E-state index contributed by atoms with van der Waals surface area (Å²) >= 11 is 0. The highest BCUT2D eigenvalue weighted by Crippen LogP contribution is 2.29. The van der Waals surface area contributed by atoms with Gasteiger partial charge in [0.2, 0.25) is 11.8 Å². The highest BCUT2D eigenvalue weighted by molar-refractivity contribution is 6.01. The van der Waals surface area contributed by atoms with E-state index in [0.29, 0.717) is 24.6 Å². The molecule has 9 N–H and O–H groups in total. The molecule has 1 aliphatic carbocycles. The zero-order valence-corrected chi connectivity index (χ0v) is 23.7. The van der Waals surface area contributed by atoms with Crippen molar-refractivity contribution in [3.8, 4) is 11.1 Å². The molecule has 1 heterocycles. The van der Waals surface area contributed by atoms with Crippen molar-refractivity contribution in [3.05, 3.63) is 77.6 Å². The van der Waals surface area contributed by atoms with Gasteiger partial charge in [-0.2, -0.15) is 0 Å². The summed E-state index contributed by atoms with van der Waals surface area (Å²) in [6.45, 7) is 2.69. The fourth-order valence-electron chi connectivity index (χ4n) is 5.71. The third kappa shape index (κ3) is 6.44. The van der Waals surface area contributed by atoms with Crippen molar-refractivity contribution < 1.29 is 14.4 Å². The normalized spacial score (nSPS) is 17.5. The Kier molecular flexibility index (Phi) is 8.53. The maximum Gasteiger partial charge on any atom is 0.250 e. The predicted octanol–water partition coefficient (Wildman–Crippen LogP) is 3.65. The molecule has 0 radical (unpaired) electrons. The van der Waals surface area contributed by atoms with Gasteiger partial charge in [-0.3, -0.25) is 14.4 Å². The largest absolute Gasteiger partial charge is 0.398 e. The number of hydrogen-bond acceptors (Lipinski definition) is 6. The van der Waals surface area contributed by atoms with Crippen molar-refractivity contribution in [2.45, 2.75) is 45.1 Å². The van der Waals surface area contributed by atoms with Crippen molar-refractivity contribution in [3.63, 3.8) is 0 Å². The van der Waals surface area contributed by atoms with Crippen molar-refractivity contribution in [2.75, 3.05) is 17.6 Å². The standard InChI is InChI=1S/C32H37N7O3/c1-18-12-27-28(37-17-36-27)15-25(18)21-6-2-19(3-7-21)13-29(39-31(41)22-8-4-20(16-33)5-9-22)32(42)38-23-10-11-24(30(35)40)26(34)14-23/h2-3,6-7,10-12,14-15,17,20,22,29H,4-5,8-9,13,16,33-34H2,1H3,(H2,35,40)(H,36,37)(H,38,42)(H,39,41)/t20?,22?,29-/m0/s1. The minimum absolute atomic E-state index is 0.131. The molecule has 1 saturated carbocycles. The van der Waals surface area contributed by atoms with E-state index in [9.17, 15) is 14.4 Å². The number of nitrogen functional groups attached to an aromatic ring is 1. The highest BCUT2D eigenvalue weighted by Gasteiger charge is 2.29. The third-order valence-electron chi connectivity index (χ3n) is 8.24. The average molecular weight is 568 g/mol. The lowest BCUT2D eigenvalue weighted by atomic mass is 9.81. The van der Waals surface area contributed by atoms with Gasteiger partial charge in [0.05, 0.1) is 22.9 Å². The Morgan fingerprint density at radius 2 is 1.76 bits per heavy atom. The van der Waals surface area contributed by atoms with E-state index in [1.54, 1.807) is 12.4 Å². The summed E-state index contributed by atoms with van der Waals surface area (Å²) in [5, 5.41) is 5.85. The van der Waals surface area contributed by atoms with Gasteiger partial charge in [-0.15, -0.1) is 0 Å². The second kappa shape index (κ2) is 12.4. The van der Waals surface area contributed by atoms with Crippen molar-refractivity contribution in [1.82, 2.24) is 15.3 Å². The molecule has 1 aliphatic rings. The molecule has 0 bridgehead atoms. The van der Waals surface area contributed by atoms with Gasteiger partial charge in [-0.25, -0.2) is 4.98 Å². The number of imidazole rings is 1. The van der Waals surface area contributed by atoms with Crippen molar-refractivity contribution in [1.29, 1.82) is 0 Å². The second-order valence-electron chi connectivity index (χ2n) is 11.2. The maximum atomic E-state index is 13.5. The number of carbonyl (C=O) groups excluding carboxylic acids is 3. The molecule has 218 valence electrons. The molecule has 0 unspecified atom stereocenters. The van der Waals surface area contributed by atoms with Crippen LogP contribution in [0.3, 0.4) is 0 Å². The van der Waals surface area contributed by atoms with E-state index in [-0.39, 0.29) is 29.0 Å².